The van der Waals surface area contributed by atoms with Gasteiger partial charge in [-0.1, -0.05) is 43.3 Å². The number of thiophene rings is 1. The molecule has 0 bridgehead atoms. The van der Waals surface area contributed by atoms with E-state index in [0.717, 1.165) is 21.8 Å². The summed E-state index contributed by atoms with van der Waals surface area (Å²) in [5.74, 6) is 0.111. The SMILES string of the molecule is CCC(NC(=O)/C(=C/c1cccs1)NC(=O)c1ccccc1C)c1ccc(OC)cc1. The average molecular weight is 435 g/mol. The number of carbonyl (C=O) groups is 2. The Morgan fingerprint density at radius 2 is 1.81 bits per heavy atom. The predicted molar refractivity (Wildman–Crippen MR) is 125 cm³/mol. The Balaban J connectivity index is 1.83. The second kappa shape index (κ2) is 10.6. The third-order valence-corrected chi connectivity index (χ3v) is 5.76. The minimum atomic E-state index is -0.335. The van der Waals surface area contributed by atoms with Crippen LogP contribution in [0.1, 0.15) is 45.7 Å². The highest BCUT2D eigenvalue weighted by molar-refractivity contribution is 7.10. The van der Waals surface area contributed by atoms with Crippen LogP contribution < -0.4 is 15.4 Å². The molecule has 0 saturated heterocycles. The van der Waals surface area contributed by atoms with Gasteiger partial charge in [-0.3, -0.25) is 9.59 Å². The van der Waals surface area contributed by atoms with Gasteiger partial charge in [0.2, 0.25) is 0 Å². The summed E-state index contributed by atoms with van der Waals surface area (Å²) in [5, 5.41) is 7.78. The van der Waals surface area contributed by atoms with Gasteiger partial charge in [0.1, 0.15) is 11.4 Å². The van der Waals surface area contributed by atoms with E-state index in [9.17, 15) is 9.59 Å². The van der Waals surface area contributed by atoms with E-state index in [1.54, 1.807) is 25.3 Å². The highest BCUT2D eigenvalue weighted by Crippen LogP contribution is 2.21. The molecule has 0 fully saturated rings. The Morgan fingerprint density at radius 3 is 2.42 bits per heavy atom. The zero-order valence-corrected chi connectivity index (χ0v) is 18.7. The first kappa shape index (κ1) is 22.3. The molecule has 2 N–H and O–H groups in total. The normalized spacial score (nSPS) is 12.2. The summed E-state index contributed by atoms with van der Waals surface area (Å²) < 4.78 is 5.21. The summed E-state index contributed by atoms with van der Waals surface area (Å²) in [6.07, 6.45) is 2.41. The number of carbonyl (C=O) groups excluding carboxylic acids is 2. The van der Waals surface area contributed by atoms with E-state index in [1.165, 1.54) is 11.3 Å². The maximum Gasteiger partial charge on any atom is 0.268 e. The molecule has 1 unspecified atom stereocenters. The van der Waals surface area contributed by atoms with Gasteiger partial charge in [-0.2, -0.15) is 0 Å². The fourth-order valence-electron chi connectivity index (χ4n) is 3.18. The lowest BCUT2D eigenvalue weighted by Crippen LogP contribution is -2.36. The van der Waals surface area contributed by atoms with Gasteiger partial charge >= 0.3 is 0 Å². The zero-order chi connectivity index (χ0) is 22.2. The highest BCUT2D eigenvalue weighted by atomic mass is 32.1. The Kier molecular flexibility index (Phi) is 7.62. The number of ether oxygens (including phenoxy) is 1. The molecule has 0 aliphatic heterocycles. The number of hydrogen-bond acceptors (Lipinski definition) is 4. The predicted octanol–water partition coefficient (Wildman–Crippen LogP) is 5.10. The van der Waals surface area contributed by atoms with E-state index in [-0.39, 0.29) is 23.6 Å². The Hall–Kier alpha value is -3.38. The summed E-state index contributed by atoms with van der Waals surface area (Å²) in [6, 6.07) is 18.5. The molecule has 0 radical (unpaired) electrons. The summed E-state index contributed by atoms with van der Waals surface area (Å²) in [6.45, 7) is 3.87. The Labute approximate surface area is 186 Å². The second-order valence-electron chi connectivity index (χ2n) is 7.05. The van der Waals surface area contributed by atoms with Crippen LogP contribution in [0.3, 0.4) is 0 Å². The van der Waals surface area contributed by atoms with Crippen molar-refractivity contribution in [2.45, 2.75) is 26.3 Å². The Bertz CT molecular complexity index is 1060. The molecule has 1 heterocycles. The van der Waals surface area contributed by atoms with E-state index >= 15 is 0 Å². The lowest BCUT2D eigenvalue weighted by molar-refractivity contribution is -0.118. The number of benzene rings is 2. The summed E-state index contributed by atoms with van der Waals surface area (Å²) in [4.78, 5) is 26.9. The van der Waals surface area contributed by atoms with Crippen molar-refractivity contribution in [2.24, 2.45) is 0 Å². The maximum absolute atomic E-state index is 13.2. The molecular formula is C25H26N2O3S. The van der Waals surface area contributed by atoms with Crippen LogP contribution in [0.25, 0.3) is 6.08 Å². The first-order valence-electron chi connectivity index (χ1n) is 10.1. The minimum absolute atomic E-state index is 0.194. The first-order valence-corrected chi connectivity index (χ1v) is 11.0. The van der Waals surface area contributed by atoms with Crippen LogP contribution in [0.4, 0.5) is 0 Å². The van der Waals surface area contributed by atoms with Gasteiger partial charge in [-0.05, 0) is 60.2 Å². The smallest absolute Gasteiger partial charge is 0.268 e. The molecule has 0 spiro atoms. The molecule has 1 aromatic heterocycles. The van der Waals surface area contributed by atoms with Crippen molar-refractivity contribution in [3.05, 3.63) is 93.3 Å². The van der Waals surface area contributed by atoms with Crippen LogP contribution in [0.5, 0.6) is 5.75 Å². The van der Waals surface area contributed by atoms with Crippen molar-refractivity contribution in [1.82, 2.24) is 10.6 Å². The van der Waals surface area contributed by atoms with E-state index in [1.807, 2.05) is 67.8 Å². The molecule has 0 aliphatic carbocycles. The van der Waals surface area contributed by atoms with E-state index in [2.05, 4.69) is 10.6 Å². The van der Waals surface area contributed by atoms with Crippen LogP contribution >= 0.6 is 11.3 Å². The molecule has 5 nitrogen and oxygen atoms in total. The van der Waals surface area contributed by atoms with Crippen molar-refractivity contribution < 1.29 is 14.3 Å². The molecule has 0 aliphatic rings. The minimum Gasteiger partial charge on any atom is -0.497 e. The number of methoxy groups -OCH3 is 1. The van der Waals surface area contributed by atoms with Gasteiger partial charge in [-0.25, -0.2) is 0 Å². The quantitative estimate of drug-likeness (QED) is 0.485. The molecule has 3 rings (SSSR count). The summed E-state index contributed by atoms with van der Waals surface area (Å²) in [5.41, 5.74) is 2.56. The van der Waals surface area contributed by atoms with Gasteiger partial charge in [-0.15, -0.1) is 11.3 Å². The topological polar surface area (TPSA) is 67.4 Å². The third-order valence-electron chi connectivity index (χ3n) is 4.94. The van der Waals surface area contributed by atoms with Crippen LogP contribution in [0.15, 0.2) is 71.7 Å². The van der Waals surface area contributed by atoms with Crippen molar-refractivity contribution >= 4 is 29.2 Å². The molecule has 3 aromatic rings. The number of rotatable bonds is 8. The molecule has 31 heavy (non-hydrogen) atoms. The van der Waals surface area contributed by atoms with E-state index in [0.29, 0.717) is 12.0 Å². The van der Waals surface area contributed by atoms with Gasteiger partial charge in [0.25, 0.3) is 11.8 Å². The fourth-order valence-corrected chi connectivity index (χ4v) is 3.84. The van der Waals surface area contributed by atoms with Crippen LogP contribution in [0, 0.1) is 6.92 Å². The van der Waals surface area contributed by atoms with Crippen LogP contribution in [0.2, 0.25) is 0 Å². The van der Waals surface area contributed by atoms with Crippen molar-refractivity contribution in [3.63, 3.8) is 0 Å². The van der Waals surface area contributed by atoms with Crippen molar-refractivity contribution in [2.75, 3.05) is 7.11 Å². The molecule has 6 heteroatoms. The largest absolute Gasteiger partial charge is 0.497 e. The zero-order valence-electron chi connectivity index (χ0n) is 17.8. The molecule has 0 saturated carbocycles. The van der Waals surface area contributed by atoms with E-state index < -0.39 is 0 Å². The summed E-state index contributed by atoms with van der Waals surface area (Å²) in [7, 11) is 1.62. The average Bonchev–Trinajstić information content (AvgIpc) is 3.30. The Morgan fingerprint density at radius 1 is 1.06 bits per heavy atom. The standard InChI is InChI=1S/C25H26N2O3S/c1-4-22(18-11-13-19(30-3)14-12-18)26-25(29)23(16-20-9-7-15-31-20)27-24(28)21-10-6-5-8-17(21)2/h5-16,22H,4H2,1-3H3,(H,26,29)(H,27,28)/b23-16-. The van der Waals surface area contributed by atoms with Gasteiger partial charge in [0.05, 0.1) is 13.2 Å². The first-order chi connectivity index (χ1) is 15.0. The molecule has 2 amide bonds. The maximum atomic E-state index is 13.2. The number of hydrogen-bond donors (Lipinski definition) is 2. The molecule has 2 aromatic carbocycles. The lowest BCUT2D eigenvalue weighted by Gasteiger charge is -2.19. The second-order valence-corrected chi connectivity index (χ2v) is 8.03. The van der Waals surface area contributed by atoms with Gasteiger partial charge < -0.3 is 15.4 Å². The third kappa shape index (κ3) is 5.83. The molecular weight excluding hydrogens is 408 g/mol. The number of nitrogens with one attached hydrogen (secondary N) is 2. The number of amides is 2. The van der Waals surface area contributed by atoms with Crippen molar-refractivity contribution in [3.8, 4) is 5.75 Å². The number of aryl methyl sites for hydroxylation is 1. The lowest BCUT2D eigenvalue weighted by atomic mass is 10.0. The summed E-state index contributed by atoms with van der Waals surface area (Å²) >= 11 is 1.50. The molecule has 1 atom stereocenters. The van der Waals surface area contributed by atoms with Gasteiger partial charge in [0, 0.05) is 10.4 Å². The van der Waals surface area contributed by atoms with Crippen molar-refractivity contribution in [1.29, 1.82) is 0 Å². The highest BCUT2D eigenvalue weighted by Gasteiger charge is 2.19. The van der Waals surface area contributed by atoms with Gasteiger partial charge in [0.15, 0.2) is 0 Å². The molecule has 160 valence electrons. The van der Waals surface area contributed by atoms with E-state index in [4.69, 9.17) is 4.74 Å². The van der Waals surface area contributed by atoms with Crippen LogP contribution in [-0.2, 0) is 4.79 Å². The fraction of sp³-hybridized carbons (Fsp3) is 0.200. The van der Waals surface area contributed by atoms with Crippen LogP contribution in [-0.4, -0.2) is 18.9 Å². The monoisotopic (exact) mass is 434 g/mol.